The third-order valence-electron chi connectivity index (χ3n) is 3.37. The molecule has 3 rings (SSSR count). The number of hydrogen-bond donors (Lipinski definition) is 1. The summed E-state index contributed by atoms with van der Waals surface area (Å²) in [7, 11) is 0. The van der Waals surface area contributed by atoms with E-state index in [0.717, 1.165) is 44.0 Å². The van der Waals surface area contributed by atoms with Crippen LogP contribution in [-0.4, -0.2) is 18.1 Å². The molecule has 3 nitrogen and oxygen atoms in total. The number of nitrogens with one attached hydrogen (secondary N) is 1. The Hall–Kier alpha value is -1.87. The van der Waals surface area contributed by atoms with Crippen molar-refractivity contribution in [2.24, 2.45) is 0 Å². The Labute approximate surface area is 113 Å². The number of fused-ring (bicyclic) bond motifs is 1. The van der Waals surface area contributed by atoms with E-state index in [1.165, 1.54) is 11.1 Å². The van der Waals surface area contributed by atoms with Gasteiger partial charge in [-0.25, -0.2) is 0 Å². The van der Waals surface area contributed by atoms with Crippen LogP contribution in [0.2, 0.25) is 0 Å². The van der Waals surface area contributed by atoms with Gasteiger partial charge in [0.1, 0.15) is 5.75 Å². The van der Waals surface area contributed by atoms with Gasteiger partial charge in [0.05, 0.1) is 6.61 Å². The number of benzene rings is 1. The molecular formula is C16H18N2O. The van der Waals surface area contributed by atoms with Crippen LogP contribution in [0.25, 0.3) is 0 Å². The zero-order valence-electron chi connectivity index (χ0n) is 10.9. The van der Waals surface area contributed by atoms with Crippen molar-refractivity contribution in [3.63, 3.8) is 0 Å². The highest BCUT2D eigenvalue weighted by molar-refractivity contribution is 5.39. The highest BCUT2D eigenvalue weighted by Crippen LogP contribution is 2.25. The summed E-state index contributed by atoms with van der Waals surface area (Å²) in [4.78, 5) is 4.31. The topological polar surface area (TPSA) is 34.1 Å². The second kappa shape index (κ2) is 5.85. The predicted octanol–water partition coefficient (Wildman–Crippen LogP) is 2.35. The molecule has 0 unspecified atom stereocenters. The first kappa shape index (κ1) is 12.2. The van der Waals surface area contributed by atoms with Crippen LogP contribution in [0, 0.1) is 0 Å². The predicted molar refractivity (Wildman–Crippen MR) is 75.3 cm³/mol. The largest absolute Gasteiger partial charge is 0.493 e. The zero-order chi connectivity index (χ0) is 12.9. The Bertz CT molecular complexity index is 540. The third-order valence-corrected chi connectivity index (χ3v) is 3.37. The second-order valence-corrected chi connectivity index (χ2v) is 4.79. The van der Waals surface area contributed by atoms with Gasteiger partial charge in [-0.3, -0.25) is 4.98 Å². The van der Waals surface area contributed by atoms with Gasteiger partial charge in [-0.1, -0.05) is 18.2 Å². The molecule has 0 saturated carbocycles. The number of nitrogens with zero attached hydrogens (tertiary/aromatic N) is 1. The summed E-state index contributed by atoms with van der Waals surface area (Å²) in [5.41, 5.74) is 3.80. The molecule has 1 aliphatic heterocycles. The lowest BCUT2D eigenvalue weighted by molar-refractivity contribution is 0.357. The molecule has 0 saturated heterocycles. The SMILES string of the molecule is c1ccc(CCNCc2ccc3c(c2)CCO3)nc1. The van der Waals surface area contributed by atoms with Crippen LogP contribution in [0.15, 0.2) is 42.6 Å². The van der Waals surface area contributed by atoms with Gasteiger partial charge >= 0.3 is 0 Å². The van der Waals surface area contributed by atoms with Gasteiger partial charge in [0.2, 0.25) is 0 Å². The highest BCUT2D eigenvalue weighted by atomic mass is 16.5. The molecule has 2 heterocycles. The standard InChI is InChI=1S/C16H18N2O/c1-2-8-18-15(3-1)6-9-17-12-13-4-5-16-14(11-13)7-10-19-16/h1-5,8,11,17H,6-7,9-10,12H2. The summed E-state index contributed by atoms with van der Waals surface area (Å²) in [5, 5.41) is 3.46. The van der Waals surface area contributed by atoms with E-state index < -0.39 is 0 Å². The molecule has 0 atom stereocenters. The van der Waals surface area contributed by atoms with Crippen LogP contribution >= 0.6 is 0 Å². The quantitative estimate of drug-likeness (QED) is 0.832. The van der Waals surface area contributed by atoms with Gasteiger partial charge in [-0.2, -0.15) is 0 Å². The third kappa shape index (κ3) is 3.12. The van der Waals surface area contributed by atoms with Gasteiger partial charge < -0.3 is 10.1 Å². The normalized spacial score (nSPS) is 13.1. The molecule has 1 aromatic heterocycles. The first-order chi connectivity index (χ1) is 9.42. The Kier molecular flexibility index (Phi) is 3.75. The first-order valence-electron chi connectivity index (χ1n) is 6.77. The van der Waals surface area contributed by atoms with Crippen LogP contribution in [-0.2, 0) is 19.4 Å². The van der Waals surface area contributed by atoms with Crippen LogP contribution < -0.4 is 10.1 Å². The fourth-order valence-corrected chi connectivity index (χ4v) is 2.35. The molecule has 0 bridgehead atoms. The Balaban J connectivity index is 1.48. The highest BCUT2D eigenvalue weighted by Gasteiger charge is 2.11. The average Bonchev–Trinajstić information content (AvgIpc) is 2.92. The number of ether oxygens (including phenoxy) is 1. The first-order valence-corrected chi connectivity index (χ1v) is 6.77. The lowest BCUT2D eigenvalue weighted by Crippen LogP contribution is -2.17. The monoisotopic (exact) mass is 254 g/mol. The summed E-state index contributed by atoms with van der Waals surface area (Å²) in [5.74, 6) is 1.05. The van der Waals surface area contributed by atoms with Crippen molar-refractivity contribution in [3.05, 3.63) is 59.4 Å². The van der Waals surface area contributed by atoms with E-state index >= 15 is 0 Å². The van der Waals surface area contributed by atoms with Crippen LogP contribution in [0.3, 0.4) is 0 Å². The van der Waals surface area contributed by atoms with Crippen molar-refractivity contribution in [2.45, 2.75) is 19.4 Å². The number of pyridine rings is 1. The van der Waals surface area contributed by atoms with Crippen LogP contribution in [0.5, 0.6) is 5.75 Å². The van der Waals surface area contributed by atoms with E-state index in [1.54, 1.807) is 0 Å². The molecule has 0 radical (unpaired) electrons. The van der Waals surface area contributed by atoms with Crippen molar-refractivity contribution in [3.8, 4) is 5.75 Å². The molecule has 0 aliphatic carbocycles. The summed E-state index contributed by atoms with van der Waals surface area (Å²) in [6, 6.07) is 12.5. The molecule has 0 fully saturated rings. The number of aromatic nitrogens is 1. The summed E-state index contributed by atoms with van der Waals surface area (Å²) in [6.07, 6.45) is 3.85. The van der Waals surface area contributed by atoms with Crippen molar-refractivity contribution in [1.82, 2.24) is 10.3 Å². The molecular weight excluding hydrogens is 236 g/mol. The minimum absolute atomic E-state index is 0.825. The molecule has 19 heavy (non-hydrogen) atoms. The van der Waals surface area contributed by atoms with E-state index in [9.17, 15) is 0 Å². The smallest absolute Gasteiger partial charge is 0.122 e. The number of rotatable bonds is 5. The fraction of sp³-hybridized carbons (Fsp3) is 0.312. The van der Waals surface area contributed by atoms with Gasteiger partial charge in [-0.05, 0) is 29.3 Å². The lowest BCUT2D eigenvalue weighted by Gasteiger charge is -2.06. The Morgan fingerprint density at radius 3 is 3.11 bits per heavy atom. The summed E-state index contributed by atoms with van der Waals surface area (Å²) in [6.45, 7) is 2.68. The molecule has 1 aromatic carbocycles. The van der Waals surface area contributed by atoms with E-state index in [4.69, 9.17) is 4.74 Å². The van der Waals surface area contributed by atoms with Gasteiger partial charge in [0.25, 0.3) is 0 Å². The summed E-state index contributed by atoms with van der Waals surface area (Å²) >= 11 is 0. The molecule has 2 aromatic rings. The van der Waals surface area contributed by atoms with Gasteiger partial charge in [-0.15, -0.1) is 0 Å². The second-order valence-electron chi connectivity index (χ2n) is 4.79. The van der Waals surface area contributed by atoms with E-state index in [1.807, 2.05) is 18.3 Å². The maximum absolute atomic E-state index is 5.51. The molecule has 1 aliphatic rings. The van der Waals surface area contributed by atoms with Crippen molar-refractivity contribution in [1.29, 1.82) is 0 Å². The molecule has 0 amide bonds. The van der Waals surface area contributed by atoms with Crippen molar-refractivity contribution < 1.29 is 4.74 Å². The van der Waals surface area contributed by atoms with Crippen molar-refractivity contribution >= 4 is 0 Å². The zero-order valence-corrected chi connectivity index (χ0v) is 10.9. The lowest BCUT2D eigenvalue weighted by atomic mass is 10.1. The number of hydrogen-bond acceptors (Lipinski definition) is 3. The average molecular weight is 254 g/mol. The maximum Gasteiger partial charge on any atom is 0.122 e. The van der Waals surface area contributed by atoms with E-state index in [2.05, 4.69) is 34.6 Å². The Morgan fingerprint density at radius 1 is 1.21 bits per heavy atom. The Morgan fingerprint density at radius 2 is 2.21 bits per heavy atom. The van der Waals surface area contributed by atoms with Crippen LogP contribution in [0.1, 0.15) is 16.8 Å². The molecule has 3 heteroatoms. The van der Waals surface area contributed by atoms with E-state index in [-0.39, 0.29) is 0 Å². The summed E-state index contributed by atoms with van der Waals surface area (Å²) < 4.78 is 5.51. The van der Waals surface area contributed by atoms with Gasteiger partial charge in [0.15, 0.2) is 0 Å². The van der Waals surface area contributed by atoms with Crippen molar-refractivity contribution in [2.75, 3.05) is 13.2 Å². The minimum Gasteiger partial charge on any atom is -0.493 e. The maximum atomic E-state index is 5.51. The molecule has 98 valence electrons. The fourth-order valence-electron chi connectivity index (χ4n) is 2.35. The van der Waals surface area contributed by atoms with Crippen LogP contribution in [0.4, 0.5) is 0 Å². The molecule has 0 spiro atoms. The minimum atomic E-state index is 0.825. The van der Waals surface area contributed by atoms with Gasteiger partial charge in [0, 0.05) is 37.8 Å². The molecule has 1 N–H and O–H groups in total. The van der Waals surface area contributed by atoms with E-state index in [0.29, 0.717) is 0 Å².